The van der Waals surface area contributed by atoms with Gasteiger partial charge in [0.1, 0.15) is 18.1 Å². The lowest BCUT2D eigenvalue weighted by Crippen LogP contribution is -2.26. The van der Waals surface area contributed by atoms with E-state index >= 15 is 0 Å². The molecule has 0 unspecified atom stereocenters. The Hall–Kier alpha value is -3.68. The van der Waals surface area contributed by atoms with Crippen LogP contribution in [0.25, 0.3) is 10.9 Å². The SMILES string of the molecule is O=C(NCCc1c[nH]c2ccccc12)OCc1cn(Cc2ccccc2F)nn1. The molecule has 0 fully saturated rings. The molecule has 1 amide bonds. The Morgan fingerprint density at radius 2 is 1.97 bits per heavy atom. The molecule has 2 aromatic carbocycles. The lowest BCUT2D eigenvalue weighted by Gasteiger charge is -2.05. The van der Waals surface area contributed by atoms with Crippen LogP contribution in [0.2, 0.25) is 0 Å². The summed E-state index contributed by atoms with van der Waals surface area (Å²) < 4.78 is 20.4. The fraction of sp³-hybridized carbons (Fsp3) is 0.190. The molecule has 2 aromatic heterocycles. The fourth-order valence-corrected chi connectivity index (χ4v) is 3.11. The number of fused-ring (bicyclic) bond motifs is 1. The quantitative estimate of drug-likeness (QED) is 0.504. The van der Waals surface area contributed by atoms with Crippen LogP contribution in [0.15, 0.2) is 60.9 Å². The van der Waals surface area contributed by atoms with Crippen molar-refractivity contribution in [2.45, 2.75) is 19.6 Å². The highest BCUT2D eigenvalue weighted by atomic mass is 19.1. The van der Waals surface area contributed by atoms with Gasteiger partial charge in [-0.25, -0.2) is 13.9 Å². The van der Waals surface area contributed by atoms with E-state index in [0.717, 1.165) is 16.5 Å². The summed E-state index contributed by atoms with van der Waals surface area (Å²) in [5.41, 5.74) is 3.22. The zero-order chi connectivity index (χ0) is 20.1. The van der Waals surface area contributed by atoms with E-state index in [1.807, 2.05) is 30.5 Å². The van der Waals surface area contributed by atoms with Crippen molar-refractivity contribution in [3.05, 3.63) is 83.6 Å². The van der Waals surface area contributed by atoms with Gasteiger partial charge in [-0.15, -0.1) is 5.10 Å². The number of hydrogen-bond donors (Lipinski definition) is 2. The van der Waals surface area contributed by atoms with E-state index in [0.29, 0.717) is 24.2 Å². The third-order valence-corrected chi connectivity index (χ3v) is 4.57. The van der Waals surface area contributed by atoms with E-state index in [4.69, 9.17) is 4.74 Å². The van der Waals surface area contributed by atoms with Gasteiger partial charge in [0, 0.05) is 29.2 Å². The third kappa shape index (κ3) is 4.60. The van der Waals surface area contributed by atoms with Crippen molar-refractivity contribution in [2.75, 3.05) is 6.54 Å². The Bertz CT molecular complexity index is 1120. The minimum atomic E-state index is -0.520. The zero-order valence-electron chi connectivity index (χ0n) is 15.6. The standard InChI is InChI=1S/C21H20FN5O2/c22-19-7-3-1-5-16(19)12-27-13-17(25-26-27)14-29-21(28)23-10-9-15-11-24-20-8-4-2-6-18(15)20/h1-8,11,13,24H,9-10,12,14H2,(H,23,28). The van der Waals surface area contributed by atoms with Crippen LogP contribution in [0.1, 0.15) is 16.8 Å². The molecule has 0 radical (unpaired) electrons. The monoisotopic (exact) mass is 393 g/mol. The van der Waals surface area contributed by atoms with E-state index in [-0.39, 0.29) is 19.0 Å². The summed E-state index contributed by atoms with van der Waals surface area (Å²) in [5, 5.41) is 11.8. The molecule has 7 nitrogen and oxygen atoms in total. The third-order valence-electron chi connectivity index (χ3n) is 4.57. The van der Waals surface area contributed by atoms with Crippen LogP contribution in [-0.2, 0) is 24.3 Å². The van der Waals surface area contributed by atoms with Crippen LogP contribution >= 0.6 is 0 Å². The highest BCUT2D eigenvalue weighted by Gasteiger charge is 2.09. The van der Waals surface area contributed by atoms with Crippen LogP contribution in [0.5, 0.6) is 0 Å². The second-order valence-corrected chi connectivity index (χ2v) is 6.61. The molecule has 148 valence electrons. The van der Waals surface area contributed by atoms with Gasteiger partial charge in [0.15, 0.2) is 0 Å². The normalized spacial score (nSPS) is 10.9. The molecule has 0 saturated heterocycles. The first-order valence-corrected chi connectivity index (χ1v) is 9.27. The van der Waals surface area contributed by atoms with Crippen LogP contribution in [-0.4, -0.2) is 32.6 Å². The average molecular weight is 393 g/mol. The predicted molar refractivity (Wildman–Crippen MR) is 106 cm³/mol. The number of para-hydroxylation sites is 1. The molecule has 4 aromatic rings. The van der Waals surface area contributed by atoms with Crippen molar-refractivity contribution < 1.29 is 13.9 Å². The minimum absolute atomic E-state index is 0.00378. The first kappa shape index (κ1) is 18.7. The summed E-state index contributed by atoms with van der Waals surface area (Å²) >= 11 is 0. The van der Waals surface area contributed by atoms with Gasteiger partial charge in [-0.2, -0.15) is 0 Å². The number of rotatable bonds is 7. The zero-order valence-corrected chi connectivity index (χ0v) is 15.6. The van der Waals surface area contributed by atoms with Crippen LogP contribution in [0.4, 0.5) is 9.18 Å². The number of aromatic amines is 1. The lowest BCUT2D eigenvalue weighted by molar-refractivity contribution is 0.138. The first-order chi connectivity index (χ1) is 14.2. The van der Waals surface area contributed by atoms with Gasteiger partial charge in [0.05, 0.1) is 12.7 Å². The Labute approximate surface area is 166 Å². The van der Waals surface area contributed by atoms with Crippen LogP contribution in [0.3, 0.4) is 0 Å². The number of halogens is 1. The molecule has 4 rings (SSSR count). The second-order valence-electron chi connectivity index (χ2n) is 6.61. The van der Waals surface area contributed by atoms with E-state index in [2.05, 4.69) is 20.6 Å². The van der Waals surface area contributed by atoms with Gasteiger partial charge >= 0.3 is 6.09 Å². The molecular weight excluding hydrogens is 373 g/mol. The molecule has 0 aliphatic carbocycles. The van der Waals surface area contributed by atoms with E-state index in [1.54, 1.807) is 24.4 Å². The molecular formula is C21H20FN5O2. The molecule has 0 aliphatic heterocycles. The number of H-pyrrole nitrogens is 1. The van der Waals surface area contributed by atoms with Crippen molar-refractivity contribution in [3.63, 3.8) is 0 Å². The van der Waals surface area contributed by atoms with Crippen LogP contribution in [0, 0.1) is 5.82 Å². The maximum atomic E-state index is 13.7. The van der Waals surface area contributed by atoms with Crippen molar-refractivity contribution in [3.8, 4) is 0 Å². The fourth-order valence-electron chi connectivity index (χ4n) is 3.11. The number of hydrogen-bond acceptors (Lipinski definition) is 4. The van der Waals surface area contributed by atoms with Gasteiger partial charge in [0.25, 0.3) is 0 Å². The summed E-state index contributed by atoms with van der Waals surface area (Å²) in [6.45, 7) is 0.716. The van der Waals surface area contributed by atoms with Gasteiger partial charge in [-0.05, 0) is 24.1 Å². The number of carbonyl (C=O) groups is 1. The number of aromatic nitrogens is 4. The predicted octanol–water partition coefficient (Wildman–Crippen LogP) is 3.42. The van der Waals surface area contributed by atoms with Crippen LogP contribution < -0.4 is 5.32 Å². The molecule has 0 spiro atoms. The Morgan fingerprint density at radius 3 is 2.86 bits per heavy atom. The van der Waals surface area contributed by atoms with Crippen molar-refractivity contribution in [2.24, 2.45) is 0 Å². The van der Waals surface area contributed by atoms with E-state index < -0.39 is 6.09 Å². The van der Waals surface area contributed by atoms with Crippen molar-refractivity contribution in [1.82, 2.24) is 25.3 Å². The number of nitrogens with one attached hydrogen (secondary N) is 2. The maximum Gasteiger partial charge on any atom is 0.407 e. The molecule has 0 atom stereocenters. The molecule has 2 heterocycles. The first-order valence-electron chi connectivity index (χ1n) is 9.27. The molecule has 8 heteroatoms. The van der Waals surface area contributed by atoms with Gasteiger partial charge in [0.2, 0.25) is 0 Å². The maximum absolute atomic E-state index is 13.7. The largest absolute Gasteiger partial charge is 0.443 e. The Balaban J connectivity index is 1.23. The number of carbonyl (C=O) groups excluding carboxylic acids is 1. The number of ether oxygens (including phenoxy) is 1. The molecule has 0 aliphatic rings. The number of alkyl carbamates (subject to hydrolysis) is 1. The van der Waals surface area contributed by atoms with Crippen molar-refractivity contribution >= 4 is 17.0 Å². The number of nitrogens with zero attached hydrogens (tertiary/aromatic N) is 3. The molecule has 2 N–H and O–H groups in total. The lowest BCUT2D eigenvalue weighted by atomic mass is 10.1. The van der Waals surface area contributed by atoms with E-state index in [1.165, 1.54) is 10.7 Å². The summed E-state index contributed by atoms with van der Waals surface area (Å²) in [4.78, 5) is 15.1. The highest BCUT2D eigenvalue weighted by molar-refractivity contribution is 5.83. The van der Waals surface area contributed by atoms with Crippen molar-refractivity contribution in [1.29, 1.82) is 0 Å². The molecule has 0 saturated carbocycles. The van der Waals surface area contributed by atoms with Gasteiger partial charge in [-0.3, -0.25) is 0 Å². The molecule has 29 heavy (non-hydrogen) atoms. The summed E-state index contributed by atoms with van der Waals surface area (Å²) in [6, 6.07) is 14.5. The van der Waals surface area contributed by atoms with Gasteiger partial charge < -0.3 is 15.0 Å². The Morgan fingerprint density at radius 1 is 1.14 bits per heavy atom. The smallest absolute Gasteiger partial charge is 0.407 e. The highest BCUT2D eigenvalue weighted by Crippen LogP contribution is 2.17. The average Bonchev–Trinajstić information content (AvgIpc) is 3.35. The number of amides is 1. The Kier molecular flexibility index (Phi) is 5.51. The van der Waals surface area contributed by atoms with E-state index in [9.17, 15) is 9.18 Å². The topological polar surface area (TPSA) is 84.8 Å². The minimum Gasteiger partial charge on any atom is -0.443 e. The summed E-state index contributed by atoms with van der Waals surface area (Å²) in [6.07, 6.45) is 3.75. The number of benzene rings is 2. The summed E-state index contributed by atoms with van der Waals surface area (Å²) in [5.74, 6) is -0.296. The summed E-state index contributed by atoms with van der Waals surface area (Å²) in [7, 11) is 0. The second kappa shape index (κ2) is 8.55. The molecule has 0 bridgehead atoms. The van der Waals surface area contributed by atoms with Gasteiger partial charge in [-0.1, -0.05) is 41.6 Å².